The Morgan fingerprint density at radius 1 is 1.20 bits per heavy atom. The molecule has 2 unspecified atom stereocenters. The molecule has 0 aromatic carbocycles. The molecule has 0 spiro atoms. The number of nitrogens with one attached hydrogen (secondary N) is 1. The average molecular weight is 679 g/mol. The minimum atomic E-state index is -1.13. The number of aromatic nitrogens is 4. The number of anilines is 1. The van der Waals surface area contributed by atoms with Crippen LogP contribution in [-0.2, 0) is 16.2 Å². The van der Waals surface area contributed by atoms with E-state index in [2.05, 4.69) is 68.4 Å². The van der Waals surface area contributed by atoms with E-state index in [-0.39, 0.29) is 12.1 Å². The summed E-state index contributed by atoms with van der Waals surface area (Å²) < 4.78 is 14.9. The molecule has 2 fully saturated rings. The Morgan fingerprint density at radius 3 is 2.46 bits per heavy atom. The van der Waals surface area contributed by atoms with E-state index in [9.17, 15) is 4.79 Å². The molecule has 2 aliphatic rings. The fourth-order valence-corrected chi connectivity index (χ4v) is 6.62. The van der Waals surface area contributed by atoms with Gasteiger partial charge in [-0.2, -0.15) is 0 Å². The van der Waals surface area contributed by atoms with Crippen LogP contribution < -0.4 is 10.2 Å². The van der Waals surface area contributed by atoms with Gasteiger partial charge in [0, 0.05) is 32.8 Å². The van der Waals surface area contributed by atoms with Gasteiger partial charge in [0.1, 0.15) is 26.2 Å². The lowest BCUT2D eigenvalue weighted by Gasteiger charge is -2.40. The van der Waals surface area contributed by atoms with Crippen molar-refractivity contribution in [1.82, 2.24) is 25.1 Å². The number of halogens is 2. The third-order valence-corrected chi connectivity index (χ3v) is 9.67. The number of carbonyl (C=O) groups excluding carboxylic acids is 1. The second-order valence-corrected chi connectivity index (χ2v) is 19.1. The van der Waals surface area contributed by atoms with Gasteiger partial charge >= 0.3 is 6.09 Å². The first-order valence-corrected chi connectivity index (χ1v) is 17.8. The van der Waals surface area contributed by atoms with Crippen molar-refractivity contribution < 1.29 is 14.3 Å². The van der Waals surface area contributed by atoms with Gasteiger partial charge in [0.25, 0.3) is 0 Å². The summed E-state index contributed by atoms with van der Waals surface area (Å²) in [5.74, 6) is 0.835. The fraction of sp³-hybridized carbons (Fsp3) is 0.739. The summed E-state index contributed by atoms with van der Waals surface area (Å²) in [5.41, 5.74) is 0.915. The summed E-state index contributed by atoms with van der Waals surface area (Å²) in [7, 11) is -1.13. The summed E-state index contributed by atoms with van der Waals surface area (Å²) in [6.07, 6.45) is 3.52. The van der Waals surface area contributed by atoms with E-state index in [1.54, 1.807) is 0 Å². The van der Waals surface area contributed by atoms with E-state index in [1.807, 2.05) is 25.5 Å². The Hall–Kier alpha value is -0.993. The van der Waals surface area contributed by atoms with E-state index in [0.29, 0.717) is 24.5 Å². The highest BCUT2D eigenvalue weighted by molar-refractivity contribution is 14.1. The zero-order valence-corrected chi connectivity index (χ0v) is 26.1. The molecule has 35 heavy (non-hydrogen) atoms. The fourth-order valence-electron chi connectivity index (χ4n) is 4.78. The molecule has 0 radical (unpaired) electrons. The van der Waals surface area contributed by atoms with Crippen LogP contribution in [0.5, 0.6) is 0 Å². The lowest BCUT2D eigenvalue weighted by Crippen LogP contribution is -2.51. The van der Waals surface area contributed by atoms with Gasteiger partial charge in [-0.3, -0.25) is 0 Å². The van der Waals surface area contributed by atoms with Gasteiger partial charge in [0.15, 0.2) is 5.82 Å². The number of rotatable bonds is 7. The summed E-state index contributed by atoms with van der Waals surface area (Å²) in [4.78, 5) is 24.4. The maximum absolute atomic E-state index is 12.3. The minimum Gasteiger partial charge on any atom is -0.444 e. The number of fused-ring (bicyclic) bond motifs is 3. The third kappa shape index (κ3) is 6.66. The number of hydrogen-bond acceptors (Lipinski definition) is 7. The van der Waals surface area contributed by atoms with Crippen LogP contribution in [0.1, 0.15) is 46.5 Å². The van der Waals surface area contributed by atoms with E-state index in [4.69, 9.17) is 24.5 Å². The lowest BCUT2D eigenvalue weighted by molar-refractivity contribution is 0.0492. The Balaban J connectivity index is 1.46. The van der Waals surface area contributed by atoms with Crippen molar-refractivity contribution in [3.05, 3.63) is 8.30 Å². The first-order chi connectivity index (χ1) is 16.3. The highest BCUT2D eigenvalue weighted by atomic mass is 127. The Kier molecular flexibility index (Phi) is 8.04. The average Bonchev–Trinajstić information content (AvgIpc) is 3.15. The summed E-state index contributed by atoms with van der Waals surface area (Å²) in [6.45, 7) is 13.8. The van der Waals surface area contributed by atoms with Crippen molar-refractivity contribution in [2.24, 2.45) is 0 Å². The van der Waals surface area contributed by atoms with Crippen LogP contribution in [0.15, 0.2) is 4.60 Å². The lowest BCUT2D eigenvalue weighted by atomic mass is 9.97. The highest BCUT2D eigenvalue weighted by Crippen LogP contribution is 2.41. The molecule has 4 rings (SSSR count). The van der Waals surface area contributed by atoms with E-state index >= 15 is 0 Å². The zero-order chi connectivity index (χ0) is 25.5. The van der Waals surface area contributed by atoms with Crippen LogP contribution in [-0.4, -0.2) is 64.2 Å². The third-order valence-electron chi connectivity index (χ3n) is 6.36. The minimum absolute atomic E-state index is 0.0996. The van der Waals surface area contributed by atoms with Crippen molar-refractivity contribution in [3.63, 3.8) is 0 Å². The number of ether oxygens (including phenoxy) is 2. The van der Waals surface area contributed by atoms with Gasteiger partial charge in [-0.15, -0.1) is 5.10 Å². The SMILES string of the molecule is CC(C)(C)OC(=O)NC1CC2CCC(C1)N2c1nc2nn(COCC[Si](C)(C)C)c(I)c2nc1Br. The second-order valence-electron chi connectivity index (χ2n) is 11.8. The summed E-state index contributed by atoms with van der Waals surface area (Å²) in [5, 5.41) is 7.78. The van der Waals surface area contributed by atoms with Crippen molar-refractivity contribution in [1.29, 1.82) is 0 Å². The van der Waals surface area contributed by atoms with Crippen LogP contribution in [0.2, 0.25) is 25.7 Å². The molecular formula is C23H36BrIN6O3Si. The predicted octanol–water partition coefficient (Wildman–Crippen LogP) is 5.53. The van der Waals surface area contributed by atoms with Crippen molar-refractivity contribution in [2.75, 3.05) is 11.5 Å². The number of carbonyl (C=O) groups is 1. The largest absolute Gasteiger partial charge is 0.444 e. The molecule has 2 aromatic heterocycles. The van der Waals surface area contributed by atoms with Crippen molar-refractivity contribution >= 4 is 69.7 Å². The second kappa shape index (κ2) is 10.4. The molecule has 1 amide bonds. The molecule has 1 N–H and O–H groups in total. The van der Waals surface area contributed by atoms with Crippen molar-refractivity contribution in [3.8, 4) is 0 Å². The number of nitrogens with zero attached hydrogens (tertiary/aromatic N) is 5. The normalized spacial score (nSPS) is 22.6. The molecule has 9 nitrogen and oxygen atoms in total. The quantitative estimate of drug-likeness (QED) is 0.234. The Labute approximate surface area is 230 Å². The van der Waals surface area contributed by atoms with Gasteiger partial charge in [-0.25, -0.2) is 19.4 Å². The number of alkyl carbamates (subject to hydrolysis) is 1. The molecule has 0 saturated carbocycles. The monoisotopic (exact) mass is 678 g/mol. The van der Waals surface area contributed by atoms with Crippen LogP contribution in [0.4, 0.5) is 10.6 Å². The molecule has 0 aliphatic carbocycles. The molecule has 2 aliphatic heterocycles. The van der Waals surface area contributed by atoms with Gasteiger partial charge in [-0.1, -0.05) is 19.6 Å². The first-order valence-electron chi connectivity index (χ1n) is 12.3. The standard InChI is InChI=1S/C23H36BrIN6O3Si/c1-23(2,3)34-22(32)26-14-11-15-7-8-16(12-14)31(15)21-18(24)27-17-19(25)30(29-20(17)28-21)13-33-9-10-35(4,5)6/h14-16H,7-13H2,1-6H3,(H,26,32). The molecule has 4 heterocycles. The highest BCUT2D eigenvalue weighted by Gasteiger charge is 2.43. The van der Waals surface area contributed by atoms with E-state index in [1.165, 1.54) is 0 Å². The number of piperidine rings is 1. The topological polar surface area (TPSA) is 94.4 Å². The van der Waals surface area contributed by atoms with E-state index in [0.717, 1.165) is 58.0 Å². The summed E-state index contributed by atoms with van der Waals surface area (Å²) in [6, 6.07) is 1.81. The maximum atomic E-state index is 12.3. The zero-order valence-electron chi connectivity index (χ0n) is 21.4. The van der Waals surface area contributed by atoms with Crippen LogP contribution in [0, 0.1) is 3.70 Å². The van der Waals surface area contributed by atoms with Gasteiger partial charge in [0.05, 0.1) is 0 Å². The number of amides is 1. The van der Waals surface area contributed by atoms with Crippen LogP contribution >= 0.6 is 38.5 Å². The molecule has 2 atom stereocenters. The molecule has 2 aromatic rings. The molecule has 2 saturated heterocycles. The number of hydrogen-bond donors (Lipinski definition) is 1. The van der Waals surface area contributed by atoms with Crippen molar-refractivity contribution in [2.45, 2.75) is 103 Å². The smallest absolute Gasteiger partial charge is 0.407 e. The van der Waals surface area contributed by atoms with Gasteiger partial charge in [0.2, 0.25) is 5.65 Å². The predicted molar refractivity (Wildman–Crippen MR) is 152 cm³/mol. The summed E-state index contributed by atoms with van der Waals surface area (Å²) >= 11 is 5.95. The van der Waals surface area contributed by atoms with Gasteiger partial charge < -0.3 is 19.7 Å². The van der Waals surface area contributed by atoms with Gasteiger partial charge in [-0.05, 0) is 91.0 Å². The van der Waals surface area contributed by atoms with E-state index < -0.39 is 13.7 Å². The molecule has 2 bridgehead atoms. The first kappa shape index (κ1) is 27.1. The molecular weight excluding hydrogens is 643 g/mol. The maximum Gasteiger partial charge on any atom is 0.407 e. The Morgan fingerprint density at radius 2 is 1.86 bits per heavy atom. The molecule has 194 valence electrons. The van der Waals surface area contributed by atoms with Crippen LogP contribution in [0.25, 0.3) is 11.2 Å². The molecule has 12 heteroatoms. The Bertz CT molecular complexity index is 1070. The van der Waals surface area contributed by atoms with Crippen LogP contribution in [0.3, 0.4) is 0 Å².